The first kappa shape index (κ1) is 29.9. The molecular formula is C27H46N2O2S2. The number of amides is 2. The lowest BCUT2D eigenvalue weighted by Gasteiger charge is -2.12. The molecule has 6 heteroatoms. The van der Waals surface area contributed by atoms with Crippen LogP contribution < -0.4 is 10.6 Å². The monoisotopic (exact) mass is 494 g/mol. The van der Waals surface area contributed by atoms with Gasteiger partial charge in [-0.05, 0) is 37.1 Å². The normalized spacial score (nSPS) is 10.9. The molecule has 188 valence electrons. The molecular weight excluding hydrogens is 448 g/mol. The van der Waals surface area contributed by atoms with E-state index in [1.165, 1.54) is 70.6 Å². The summed E-state index contributed by atoms with van der Waals surface area (Å²) in [5.41, 5.74) is 1.32. The van der Waals surface area contributed by atoms with E-state index in [0.29, 0.717) is 18.5 Å². The maximum absolute atomic E-state index is 12.5. The van der Waals surface area contributed by atoms with Gasteiger partial charge in [0.05, 0.1) is 5.69 Å². The Bertz CT molecular complexity index is 668. The topological polar surface area (TPSA) is 58.2 Å². The van der Waals surface area contributed by atoms with Crippen LogP contribution in [-0.4, -0.2) is 36.6 Å². The molecule has 1 aromatic carbocycles. The molecule has 0 aliphatic heterocycles. The van der Waals surface area contributed by atoms with Crippen LogP contribution in [-0.2, 0) is 4.79 Å². The summed E-state index contributed by atoms with van der Waals surface area (Å²) in [6, 6.07) is 5.53. The van der Waals surface area contributed by atoms with Crippen LogP contribution in [0.5, 0.6) is 0 Å². The van der Waals surface area contributed by atoms with E-state index in [0.717, 1.165) is 29.2 Å². The Morgan fingerprint density at radius 3 is 1.94 bits per heavy atom. The average Bonchev–Trinajstić information content (AvgIpc) is 2.82. The van der Waals surface area contributed by atoms with Crippen molar-refractivity contribution in [2.75, 3.05) is 30.1 Å². The number of rotatable bonds is 20. The van der Waals surface area contributed by atoms with Crippen molar-refractivity contribution in [2.24, 2.45) is 0 Å². The van der Waals surface area contributed by atoms with Crippen LogP contribution in [0.25, 0.3) is 0 Å². The second-order valence-electron chi connectivity index (χ2n) is 8.70. The molecule has 1 rings (SSSR count). The van der Waals surface area contributed by atoms with Gasteiger partial charge in [0, 0.05) is 29.2 Å². The summed E-state index contributed by atoms with van der Waals surface area (Å²) in [5.74, 6) is 0.828. The van der Waals surface area contributed by atoms with E-state index in [2.05, 4.69) is 17.6 Å². The van der Waals surface area contributed by atoms with Crippen molar-refractivity contribution in [2.45, 2.75) is 102 Å². The highest BCUT2D eigenvalue weighted by atomic mass is 32.2. The van der Waals surface area contributed by atoms with Gasteiger partial charge in [-0.3, -0.25) is 9.59 Å². The van der Waals surface area contributed by atoms with Crippen LogP contribution in [0.4, 0.5) is 5.69 Å². The molecule has 0 saturated heterocycles. The number of thioether (sulfide) groups is 2. The van der Waals surface area contributed by atoms with E-state index in [1.54, 1.807) is 29.6 Å². The summed E-state index contributed by atoms with van der Waals surface area (Å²) in [4.78, 5) is 25.8. The smallest absolute Gasteiger partial charge is 0.251 e. The zero-order valence-corrected chi connectivity index (χ0v) is 22.8. The molecule has 0 unspecified atom stereocenters. The standard InChI is InChI=1S/C27H46N2O2S2/c1-4-5-6-7-8-9-10-11-12-13-14-15-16-17-26(30)29-24-22-23(18-19-25(24)33-3)27(31)28-20-21-32-2/h18-19,22H,4-17,20-21H2,1-3H3,(H,28,31)(H,29,30). The summed E-state index contributed by atoms with van der Waals surface area (Å²) in [7, 11) is 0. The summed E-state index contributed by atoms with van der Waals surface area (Å²) < 4.78 is 0. The van der Waals surface area contributed by atoms with Crippen molar-refractivity contribution >= 4 is 41.0 Å². The lowest BCUT2D eigenvalue weighted by Crippen LogP contribution is -2.25. The van der Waals surface area contributed by atoms with Crippen LogP contribution in [0.15, 0.2) is 23.1 Å². The fourth-order valence-electron chi connectivity index (χ4n) is 3.83. The molecule has 0 aromatic heterocycles. The van der Waals surface area contributed by atoms with Crippen LogP contribution in [0, 0.1) is 0 Å². The third kappa shape index (κ3) is 14.7. The number of carbonyl (C=O) groups is 2. The molecule has 2 N–H and O–H groups in total. The molecule has 0 radical (unpaired) electrons. The van der Waals surface area contributed by atoms with Gasteiger partial charge in [0.2, 0.25) is 5.91 Å². The number of hydrogen-bond donors (Lipinski definition) is 2. The van der Waals surface area contributed by atoms with Gasteiger partial charge in [-0.2, -0.15) is 11.8 Å². The van der Waals surface area contributed by atoms with Crippen molar-refractivity contribution in [1.82, 2.24) is 5.32 Å². The molecule has 0 spiro atoms. The van der Waals surface area contributed by atoms with E-state index in [4.69, 9.17) is 0 Å². The zero-order valence-electron chi connectivity index (χ0n) is 21.2. The highest BCUT2D eigenvalue weighted by molar-refractivity contribution is 7.98. The average molecular weight is 495 g/mol. The Morgan fingerprint density at radius 2 is 1.39 bits per heavy atom. The number of hydrogen-bond acceptors (Lipinski definition) is 4. The van der Waals surface area contributed by atoms with Gasteiger partial charge in [0.25, 0.3) is 5.91 Å². The van der Waals surface area contributed by atoms with Crippen molar-refractivity contribution in [3.63, 3.8) is 0 Å². The number of unbranched alkanes of at least 4 members (excludes halogenated alkanes) is 12. The highest BCUT2D eigenvalue weighted by Crippen LogP contribution is 2.27. The van der Waals surface area contributed by atoms with Crippen LogP contribution in [0.2, 0.25) is 0 Å². The van der Waals surface area contributed by atoms with E-state index in [-0.39, 0.29) is 11.8 Å². The van der Waals surface area contributed by atoms with Crippen molar-refractivity contribution < 1.29 is 9.59 Å². The van der Waals surface area contributed by atoms with Gasteiger partial charge in [0.15, 0.2) is 0 Å². The van der Waals surface area contributed by atoms with Crippen LogP contribution >= 0.6 is 23.5 Å². The van der Waals surface area contributed by atoms with Crippen molar-refractivity contribution in [3.05, 3.63) is 23.8 Å². The first-order valence-corrected chi connectivity index (χ1v) is 15.5. The zero-order chi connectivity index (χ0) is 24.2. The predicted octanol–water partition coefficient (Wildman–Crippen LogP) is 7.92. The lowest BCUT2D eigenvalue weighted by molar-refractivity contribution is -0.116. The SMILES string of the molecule is CCCCCCCCCCCCCCCC(=O)Nc1cc(C(=O)NCCSC)ccc1SC. The van der Waals surface area contributed by atoms with Gasteiger partial charge in [-0.25, -0.2) is 0 Å². The summed E-state index contributed by atoms with van der Waals surface area (Å²) >= 11 is 3.28. The number of anilines is 1. The molecule has 0 heterocycles. The molecule has 0 atom stereocenters. The van der Waals surface area contributed by atoms with Gasteiger partial charge in [-0.1, -0.05) is 84.0 Å². The van der Waals surface area contributed by atoms with E-state index in [9.17, 15) is 9.59 Å². The Labute approximate surface area is 211 Å². The van der Waals surface area contributed by atoms with Gasteiger partial charge in [0.1, 0.15) is 0 Å². The minimum absolute atomic E-state index is 0.0355. The minimum Gasteiger partial charge on any atom is -0.351 e. The summed E-state index contributed by atoms with van der Waals surface area (Å²) in [5, 5.41) is 5.94. The van der Waals surface area contributed by atoms with Gasteiger partial charge in [-0.15, -0.1) is 11.8 Å². The largest absolute Gasteiger partial charge is 0.351 e. The first-order valence-electron chi connectivity index (χ1n) is 12.9. The third-order valence-corrected chi connectivity index (χ3v) is 7.24. The van der Waals surface area contributed by atoms with Crippen molar-refractivity contribution in [3.8, 4) is 0 Å². The highest BCUT2D eigenvalue weighted by Gasteiger charge is 2.11. The molecule has 4 nitrogen and oxygen atoms in total. The number of carbonyl (C=O) groups excluding carboxylic acids is 2. The van der Waals surface area contributed by atoms with E-state index in [1.807, 2.05) is 24.6 Å². The second kappa shape index (κ2) is 20.3. The summed E-state index contributed by atoms with van der Waals surface area (Å²) in [6.45, 7) is 2.91. The van der Waals surface area contributed by atoms with Crippen LogP contribution in [0.1, 0.15) is 107 Å². The molecule has 0 bridgehead atoms. The van der Waals surface area contributed by atoms with E-state index < -0.39 is 0 Å². The Balaban J connectivity index is 2.21. The molecule has 0 fully saturated rings. The molecule has 2 amide bonds. The Morgan fingerprint density at radius 1 is 0.818 bits per heavy atom. The molecule has 0 aliphatic rings. The number of nitrogens with one attached hydrogen (secondary N) is 2. The maximum Gasteiger partial charge on any atom is 0.251 e. The van der Waals surface area contributed by atoms with Crippen molar-refractivity contribution in [1.29, 1.82) is 0 Å². The fourth-order valence-corrected chi connectivity index (χ4v) is 4.67. The quantitative estimate of drug-likeness (QED) is 0.143. The Hall–Kier alpha value is -1.14. The molecule has 1 aromatic rings. The second-order valence-corrected chi connectivity index (χ2v) is 10.5. The van der Waals surface area contributed by atoms with Crippen LogP contribution in [0.3, 0.4) is 0 Å². The van der Waals surface area contributed by atoms with E-state index >= 15 is 0 Å². The van der Waals surface area contributed by atoms with Gasteiger partial charge < -0.3 is 10.6 Å². The minimum atomic E-state index is -0.0938. The fraction of sp³-hybridized carbons (Fsp3) is 0.704. The predicted molar refractivity (Wildman–Crippen MR) is 148 cm³/mol. The maximum atomic E-state index is 12.5. The molecule has 0 aliphatic carbocycles. The number of benzene rings is 1. The van der Waals surface area contributed by atoms with Gasteiger partial charge >= 0.3 is 0 Å². The lowest BCUT2D eigenvalue weighted by atomic mass is 10.0. The summed E-state index contributed by atoms with van der Waals surface area (Å²) in [6.07, 6.45) is 21.4. The molecule has 0 saturated carbocycles. The Kier molecular flexibility index (Phi) is 18.3. The first-order chi connectivity index (χ1) is 16.1. The third-order valence-electron chi connectivity index (χ3n) is 5.83. The molecule has 33 heavy (non-hydrogen) atoms.